The third-order valence-electron chi connectivity index (χ3n) is 6.25. The zero-order chi connectivity index (χ0) is 22.8. The Kier molecular flexibility index (Phi) is 5.98. The van der Waals surface area contributed by atoms with Crippen molar-refractivity contribution in [1.82, 2.24) is 24.5 Å². The second-order valence-electron chi connectivity index (χ2n) is 8.69. The minimum atomic E-state index is -0.307. The van der Waals surface area contributed by atoms with Gasteiger partial charge in [0.05, 0.1) is 23.9 Å². The van der Waals surface area contributed by atoms with E-state index in [1.807, 2.05) is 25.6 Å². The molecular weight excluding hydrogens is 419 g/mol. The number of nitrogens with one attached hydrogen (secondary N) is 1. The van der Waals surface area contributed by atoms with Gasteiger partial charge in [-0.05, 0) is 44.2 Å². The van der Waals surface area contributed by atoms with Gasteiger partial charge >= 0.3 is 0 Å². The fourth-order valence-electron chi connectivity index (χ4n) is 4.54. The minimum absolute atomic E-state index is 0.0150. The highest BCUT2D eigenvalue weighted by Crippen LogP contribution is 2.36. The van der Waals surface area contributed by atoms with E-state index in [1.165, 1.54) is 6.07 Å². The van der Waals surface area contributed by atoms with Gasteiger partial charge in [-0.3, -0.25) is 9.36 Å². The van der Waals surface area contributed by atoms with E-state index >= 15 is 0 Å². The number of benzene rings is 1. The fourth-order valence-corrected chi connectivity index (χ4v) is 4.54. The highest BCUT2D eigenvalue weighted by molar-refractivity contribution is 5.93. The van der Waals surface area contributed by atoms with Crippen molar-refractivity contribution in [3.8, 4) is 17.0 Å². The van der Waals surface area contributed by atoms with Crippen LogP contribution in [0.4, 0.5) is 10.2 Å². The van der Waals surface area contributed by atoms with Crippen molar-refractivity contribution in [3.05, 3.63) is 54.7 Å². The third kappa shape index (κ3) is 4.42. The Morgan fingerprint density at radius 2 is 1.97 bits per heavy atom. The van der Waals surface area contributed by atoms with Crippen LogP contribution in [0.2, 0.25) is 0 Å². The molecule has 1 aliphatic rings. The molecule has 0 spiro atoms. The normalized spacial score (nSPS) is 18.5. The molecule has 8 heteroatoms. The van der Waals surface area contributed by atoms with Crippen LogP contribution < -0.4 is 10.1 Å². The van der Waals surface area contributed by atoms with Crippen molar-refractivity contribution in [3.63, 3.8) is 0 Å². The number of rotatable bonds is 7. The number of hydrogen-bond donors (Lipinski definition) is 1. The number of aryl methyl sites for hydroxylation is 1. The lowest BCUT2D eigenvalue weighted by atomic mass is 9.93. The number of aromatic nitrogens is 5. The van der Waals surface area contributed by atoms with Gasteiger partial charge in [-0.1, -0.05) is 19.1 Å². The summed E-state index contributed by atoms with van der Waals surface area (Å²) < 4.78 is 23.9. The first-order valence-corrected chi connectivity index (χ1v) is 11.6. The van der Waals surface area contributed by atoms with Gasteiger partial charge in [-0.25, -0.2) is 9.37 Å². The van der Waals surface area contributed by atoms with Gasteiger partial charge in [-0.2, -0.15) is 10.2 Å². The van der Waals surface area contributed by atoms with Gasteiger partial charge in [0.15, 0.2) is 11.6 Å². The molecule has 172 valence electrons. The molecule has 4 aromatic rings. The second kappa shape index (κ2) is 9.21. The highest BCUT2D eigenvalue weighted by atomic mass is 19.1. The lowest BCUT2D eigenvalue weighted by Crippen LogP contribution is -2.26. The van der Waals surface area contributed by atoms with Gasteiger partial charge in [0.1, 0.15) is 11.5 Å². The van der Waals surface area contributed by atoms with Crippen molar-refractivity contribution in [2.75, 3.05) is 11.9 Å². The summed E-state index contributed by atoms with van der Waals surface area (Å²) in [6.07, 6.45) is 10.3. The van der Waals surface area contributed by atoms with Gasteiger partial charge in [-0.15, -0.1) is 0 Å². The number of para-hydroxylation sites is 1. The van der Waals surface area contributed by atoms with Crippen molar-refractivity contribution in [2.45, 2.75) is 51.2 Å². The molecule has 5 rings (SSSR count). The van der Waals surface area contributed by atoms with Crippen LogP contribution in [-0.4, -0.2) is 37.2 Å². The molecule has 0 atom stereocenters. The Labute approximate surface area is 192 Å². The van der Waals surface area contributed by atoms with E-state index in [0.717, 1.165) is 66.6 Å². The summed E-state index contributed by atoms with van der Waals surface area (Å²) in [7, 11) is 1.91. The van der Waals surface area contributed by atoms with E-state index in [1.54, 1.807) is 22.9 Å². The van der Waals surface area contributed by atoms with E-state index < -0.39 is 0 Å². The van der Waals surface area contributed by atoms with Crippen LogP contribution in [0.25, 0.3) is 22.2 Å². The zero-order valence-corrected chi connectivity index (χ0v) is 19.0. The van der Waals surface area contributed by atoms with Gasteiger partial charge in [0.2, 0.25) is 0 Å². The first kappa shape index (κ1) is 21.4. The van der Waals surface area contributed by atoms with Crippen LogP contribution in [0.15, 0.2) is 48.9 Å². The first-order chi connectivity index (χ1) is 16.1. The molecule has 1 saturated carbocycles. The number of nitrogens with zero attached hydrogens (tertiary/aromatic N) is 5. The molecule has 0 saturated heterocycles. The smallest absolute Gasteiger partial charge is 0.165 e. The van der Waals surface area contributed by atoms with Gasteiger partial charge in [0.25, 0.3) is 0 Å². The number of pyridine rings is 1. The predicted octanol–water partition coefficient (Wildman–Crippen LogP) is 5.36. The monoisotopic (exact) mass is 448 g/mol. The van der Waals surface area contributed by atoms with Crippen LogP contribution in [0.5, 0.6) is 5.75 Å². The summed E-state index contributed by atoms with van der Waals surface area (Å²) in [5.74, 6) is 0.889. The van der Waals surface area contributed by atoms with Gasteiger partial charge in [0, 0.05) is 43.0 Å². The standard InChI is InChI=1S/C25H29FN6O/c1-3-12-27-24-13-22-20(15-28-24)25(17-14-29-31(2)16-17)30-32(22)18-8-10-19(11-9-18)33-23-7-5-4-6-21(23)26/h4-7,13-16,18-19H,3,8-12H2,1-2H3,(H,27,28). The molecule has 3 aromatic heterocycles. The summed E-state index contributed by atoms with van der Waals surface area (Å²) in [6.45, 7) is 3.01. The Bertz CT molecular complexity index is 1240. The minimum Gasteiger partial charge on any atom is -0.487 e. The first-order valence-electron chi connectivity index (χ1n) is 11.6. The SMILES string of the molecule is CCCNc1cc2c(cn1)c(-c1cnn(C)c1)nn2C1CCC(Oc2ccccc2F)CC1. The summed E-state index contributed by atoms with van der Waals surface area (Å²) in [6, 6.07) is 8.97. The number of fused-ring (bicyclic) bond motifs is 1. The second-order valence-corrected chi connectivity index (χ2v) is 8.69. The van der Waals surface area contributed by atoms with E-state index in [4.69, 9.17) is 9.84 Å². The Morgan fingerprint density at radius 3 is 2.70 bits per heavy atom. The molecule has 0 amide bonds. The number of anilines is 1. The molecule has 0 radical (unpaired) electrons. The summed E-state index contributed by atoms with van der Waals surface area (Å²) in [5, 5.41) is 13.8. The van der Waals surface area contributed by atoms with E-state index in [0.29, 0.717) is 5.75 Å². The lowest BCUT2D eigenvalue weighted by molar-refractivity contribution is 0.126. The molecule has 3 heterocycles. The fraction of sp³-hybridized carbons (Fsp3) is 0.400. The number of hydrogen-bond acceptors (Lipinski definition) is 5. The average Bonchev–Trinajstić information content (AvgIpc) is 3.43. The highest BCUT2D eigenvalue weighted by Gasteiger charge is 2.27. The quantitative estimate of drug-likeness (QED) is 0.412. The lowest BCUT2D eigenvalue weighted by Gasteiger charge is -2.29. The third-order valence-corrected chi connectivity index (χ3v) is 6.25. The summed E-state index contributed by atoms with van der Waals surface area (Å²) in [5.41, 5.74) is 2.95. The van der Waals surface area contributed by atoms with Crippen molar-refractivity contribution >= 4 is 16.7 Å². The zero-order valence-electron chi connectivity index (χ0n) is 19.0. The maximum Gasteiger partial charge on any atom is 0.165 e. The number of halogens is 1. The van der Waals surface area contributed by atoms with E-state index in [2.05, 4.69) is 33.1 Å². The predicted molar refractivity (Wildman–Crippen MR) is 127 cm³/mol. The molecule has 1 fully saturated rings. The molecule has 7 nitrogen and oxygen atoms in total. The summed E-state index contributed by atoms with van der Waals surface area (Å²) >= 11 is 0. The topological polar surface area (TPSA) is 69.8 Å². The van der Waals surface area contributed by atoms with E-state index in [-0.39, 0.29) is 18.0 Å². The maximum absolute atomic E-state index is 14.0. The average molecular weight is 449 g/mol. The van der Waals surface area contributed by atoms with Crippen LogP contribution in [0, 0.1) is 5.82 Å². The molecular formula is C25H29FN6O. The Balaban J connectivity index is 1.41. The molecule has 0 bridgehead atoms. The Morgan fingerprint density at radius 1 is 1.15 bits per heavy atom. The molecule has 1 aromatic carbocycles. The van der Waals surface area contributed by atoms with Crippen molar-refractivity contribution in [2.24, 2.45) is 7.05 Å². The van der Waals surface area contributed by atoms with Crippen LogP contribution >= 0.6 is 0 Å². The molecule has 0 aliphatic heterocycles. The molecule has 1 N–H and O–H groups in total. The van der Waals surface area contributed by atoms with Crippen LogP contribution in [0.1, 0.15) is 45.1 Å². The number of ether oxygens (including phenoxy) is 1. The molecule has 33 heavy (non-hydrogen) atoms. The summed E-state index contributed by atoms with van der Waals surface area (Å²) in [4.78, 5) is 4.62. The molecule has 0 unspecified atom stereocenters. The van der Waals surface area contributed by atoms with Crippen molar-refractivity contribution < 1.29 is 9.13 Å². The van der Waals surface area contributed by atoms with Crippen LogP contribution in [-0.2, 0) is 7.05 Å². The maximum atomic E-state index is 14.0. The van der Waals surface area contributed by atoms with Crippen molar-refractivity contribution in [1.29, 1.82) is 0 Å². The van der Waals surface area contributed by atoms with E-state index in [9.17, 15) is 4.39 Å². The Hall–Kier alpha value is -3.42. The molecule has 1 aliphatic carbocycles. The van der Waals surface area contributed by atoms with Crippen LogP contribution in [0.3, 0.4) is 0 Å². The largest absolute Gasteiger partial charge is 0.487 e. The van der Waals surface area contributed by atoms with Gasteiger partial charge < -0.3 is 10.1 Å².